The van der Waals surface area contributed by atoms with Crippen LogP contribution in [-0.4, -0.2) is 32.5 Å². The lowest BCUT2D eigenvalue weighted by Crippen LogP contribution is -2.42. The molecule has 1 unspecified atom stereocenters. The Morgan fingerprint density at radius 1 is 1.21 bits per heavy atom. The molecule has 0 saturated carbocycles. The number of rotatable bonds is 5. The molecule has 0 aliphatic carbocycles. The zero-order chi connectivity index (χ0) is 12.9. The molecule has 2 aliphatic rings. The molecule has 2 N–H and O–H groups in total. The molecule has 1 aromatic rings. The van der Waals surface area contributed by atoms with Crippen LogP contribution in [0.2, 0.25) is 0 Å². The minimum atomic E-state index is 0.352. The van der Waals surface area contributed by atoms with Crippen LogP contribution in [0.3, 0.4) is 0 Å². The highest BCUT2D eigenvalue weighted by atomic mass is 16.7. The van der Waals surface area contributed by atoms with E-state index in [-0.39, 0.29) is 0 Å². The van der Waals surface area contributed by atoms with Crippen molar-refractivity contribution < 1.29 is 9.47 Å². The van der Waals surface area contributed by atoms with E-state index >= 15 is 0 Å². The fourth-order valence-electron chi connectivity index (χ4n) is 2.70. The molecule has 4 nitrogen and oxygen atoms in total. The minimum Gasteiger partial charge on any atom is -0.454 e. The monoisotopic (exact) mass is 262 g/mol. The van der Waals surface area contributed by atoms with E-state index in [1.54, 1.807) is 0 Å². The SMILES string of the molecule is c1cc2c(cc1CCNCC1CCCCN1)OCO2. The third-order valence-corrected chi connectivity index (χ3v) is 3.83. The first-order valence-corrected chi connectivity index (χ1v) is 7.24. The summed E-state index contributed by atoms with van der Waals surface area (Å²) in [6, 6.07) is 6.86. The molecule has 0 spiro atoms. The van der Waals surface area contributed by atoms with Gasteiger partial charge in [-0.05, 0) is 50.0 Å². The van der Waals surface area contributed by atoms with Gasteiger partial charge in [0.2, 0.25) is 6.79 Å². The van der Waals surface area contributed by atoms with E-state index in [0.29, 0.717) is 12.8 Å². The van der Waals surface area contributed by atoms with Gasteiger partial charge in [-0.2, -0.15) is 0 Å². The summed E-state index contributed by atoms with van der Waals surface area (Å²) in [4.78, 5) is 0. The van der Waals surface area contributed by atoms with Crippen molar-refractivity contribution >= 4 is 0 Å². The average Bonchev–Trinajstić information content (AvgIpc) is 2.92. The van der Waals surface area contributed by atoms with Crippen LogP contribution in [-0.2, 0) is 6.42 Å². The normalized spacial score (nSPS) is 21.6. The van der Waals surface area contributed by atoms with Crippen LogP contribution in [0.5, 0.6) is 11.5 Å². The molecule has 1 fully saturated rings. The van der Waals surface area contributed by atoms with Crippen LogP contribution >= 0.6 is 0 Å². The van der Waals surface area contributed by atoms with Gasteiger partial charge in [0.25, 0.3) is 0 Å². The van der Waals surface area contributed by atoms with Crippen LogP contribution < -0.4 is 20.1 Å². The van der Waals surface area contributed by atoms with E-state index < -0.39 is 0 Å². The van der Waals surface area contributed by atoms with Gasteiger partial charge in [0.1, 0.15) is 0 Å². The zero-order valence-electron chi connectivity index (χ0n) is 11.3. The van der Waals surface area contributed by atoms with Gasteiger partial charge in [0, 0.05) is 12.6 Å². The number of nitrogens with one attached hydrogen (secondary N) is 2. The van der Waals surface area contributed by atoms with Gasteiger partial charge in [-0.1, -0.05) is 12.5 Å². The second kappa shape index (κ2) is 6.26. The number of hydrogen-bond donors (Lipinski definition) is 2. The predicted octanol–water partition coefficient (Wildman–Crippen LogP) is 1.69. The lowest BCUT2D eigenvalue weighted by Gasteiger charge is -2.23. The number of hydrogen-bond acceptors (Lipinski definition) is 4. The van der Waals surface area contributed by atoms with Crippen LogP contribution in [0.1, 0.15) is 24.8 Å². The summed E-state index contributed by atoms with van der Waals surface area (Å²) in [5.41, 5.74) is 1.30. The Bertz CT molecular complexity index is 417. The maximum Gasteiger partial charge on any atom is 0.231 e. The Labute approximate surface area is 114 Å². The summed E-state index contributed by atoms with van der Waals surface area (Å²) in [5.74, 6) is 1.74. The van der Waals surface area contributed by atoms with Crippen LogP contribution in [0.25, 0.3) is 0 Å². The summed E-state index contributed by atoms with van der Waals surface area (Å²) in [5, 5.41) is 7.09. The van der Waals surface area contributed by atoms with Crippen LogP contribution in [0.4, 0.5) is 0 Å². The molecular weight excluding hydrogens is 240 g/mol. The first kappa shape index (κ1) is 12.8. The van der Waals surface area contributed by atoms with E-state index in [1.807, 2.05) is 6.07 Å². The minimum absolute atomic E-state index is 0.352. The number of benzene rings is 1. The summed E-state index contributed by atoms with van der Waals surface area (Å²) in [6.45, 7) is 3.61. The topological polar surface area (TPSA) is 42.5 Å². The molecular formula is C15H22N2O2. The van der Waals surface area contributed by atoms with Gasteiger partial charge in [-0.25, -0.2) is 0 Å². The molecule has 0 bridgehead atoms. The second-order valence-electron chi connectivity index (χ2n) is 5.29. The highest BCUT2D eigenvalue weighted by Crippen LogP contribution is 2.32. The van der Waals surface area contributed by atoms with Crippen molar-refractivity contribution in [2.24, 2.45) is 0 Å². The van der Waals surface area contributed by atoms with Crippen molar-refractivity contribution in [1.29, 1.82) is 0 Å². The summed E-state index contributed by atoms with van der Waals surface area (Å²) < 4.78 is 10.7. The quantitative estimate of drug-likeness (QED) is 0.793. The Morgan fingerprint density at radius 3 is 3.05 bits per heavy atom. The largest absolute Gasteiger partial charge is 0.454 e. The highest BCUT2D eigenvalue weighted by Gasteiger charge is 2.13. The standard InChI is InChI=1S/C15H22N2O2/c1-2-7-17-13(3-1)10-16-8-6-12-4-5-14-15(9-12)19-11-18-14/h4-5,9,13,16-17H,1-3,6-8,10-11H2. The summed E-state index contributed by atoms with van der Waals surface area (Å²) in [6.07, 6.45) is 5.02. The fourth-order valence-corrected chi connectivity index (χ4v) is 2.70. The van der Waals surface area contributed by atoms with E-state index in [1.165, 1.54) is 31.4 Å². The Morgan fingerprint density at radius 2 is 2.16 bits per heavy atom. The molecule has 1 saturated heterocycles. The van der Waals surface area contributed by atoms with E-state index in [2.05, 4.69) is 22.8 Å². The van der Waals surface area contributed by atoms with Crippen molar-refractivity contribution in [2.45, 2.75) is 31.7 Å². The van der Waals surface area contributed by atoms with E-state index in [4.69, 9.17) is 9.47 Å². The molecule has 2 aliphatic heterocycles. The molecule has 1 atom stereocenters. The molecule has 2 heterocycles. The second-order valence-corrected chi connectivity index (χ2v) is 5.29. The van der Waals surface area contributed by atoms with Gasteiger partial charge in [-0.15, -0.1) is 0 Å². The molecule has 19 heavy (non-hydrogen) atoms. The number of piperidine rings is 1. The van der Waals surface area contributed by atoms with Gasteiger partial charge in [0.15, 0.2) is 11.5 Å². The average molecular weight is 262 g/mol. The maximum atomic E-state index is 5.39. The molecule has 104 valence electrons. The lowest BCUT2D eigenvalue weighted by atomic mass is 10.1. The lowest BCUT2D eigenvalue weighted by molar-refractivity contribution is 0.174. The molecule has 0 radical (unpaired) electrons. The Kier molecular flexibility index (Phi) is 4.20. The fraction of sp³-hybridized carbons (Fsp3) is 0.600. The third kappa shape index (κ3) is 3.39. The van der Waals surface area contributed by atoms with Crippen molar-refractivity contribution in [3.63, 3.8) is 0 Å². The van der Waals surface area contributed by atoms with Gasteiger partial charge in [0.05, 0.1) is 0 Å². The zero-order valence-corrected chi connectivity index (χ0v) is 11.3. The first-order valence-electron chi connectivity index (χ1n) is 7.24. The van der Waals surface area contributed by atoms with Crippen molar-refractivity contribution in [3.8, 4) is 11.5 Å². The van der Waals surface area contributed by atoms with Crippen molar-refractivity contribution in [2.75, 3.05) is 26.4 Å². The van der Waals surface area contributed by atoms with Crippen molar-refractivity contribution in [1.82, 2.24) is 10.6 Å². The molecule has 1 aromatic carbocycles. The summed E-state index contributed by atoms with van der Waals surface area (Å²) >= 11 is 0. The Hall–Kier alpha value is -1.26. The van der Waals surface area contributed by atoms with Gasteiger partial charge >= 0.3 is 0 Å². The predicted molar refractivity (Wildman–Crippen MR) is 74.8 cm³/mol. The molecule has 3 rings (SSSR count). The Balaban J connectivity index is 1.40. The third-order valence-electron chi connectivity index (χ3n) is 3.83. The molecule has 4 heteroatoms. The first-order chi connectivity index (χ1) is 9.42. The van der Waals surface area contributed by atoms with Crippen molar-refractivity contribution in [3.05, 3.63) is 23.8 Å². The van der Waals surface area contributed by atoms with E-state index in [9.17, 15) is 0 Å². The number of ether oxygens (including phenoxy) is 2. The smallest absolute Gasteiger partial charge is 0.231 e. The highest BCUT2D eigenvalue weighted by molar-refractivity contribution is 5.44. The summed E-state index contributed by atoms with van der Waals surface area (Å²) in [7, 11) is 0. The molecule has 0 amide bonds. The maximum absolute atomic E-state index is 5.39. The van der Waals surface area contributed by atoms with Gasteiger partial charge in [-0.3, -0.25) is 0 Å². The van der Waals surface area contributed by atoms with Crippen LogP contribution in [0, 0.1) is 0 Å². The van der Waals surface area contributed by atoms with Gasteiger partial charge < -0.3 is 20.1 Å². The number of fused-ring (bicyclic) bond motifs is 1. The molecule has 0 aromatic heterocycles. The van der Waals surface area contributed by atoms with E-state index in [0.717, 1.165) is 31.0 Å². The van der Waals surface area contributed by atoms with Crippen LogP contribution in [0.15, 0.2) is 18.2 Å².